The average molecular weight is 320 g/mol. The van der Waals surface area contributed by atoms with Crippen molar-refractivity contribution in [3.8, 4) is 0 Å². The molecule has 0 radical (unpaired) electrons. The molecule has 2 aromatic rings. The van der Waals surface area contributed by atoms with Gasteiger partial charge in [0.25, 0.3) is 5.91 Å². The van der Waals surface area contributed by atoms with Crippen molar-refractivity contribution in [1.29, 1.82) is 0 Å². The summed E-state index contributed by atoms with van der Waals surface area (Å²) in [4.78, 5) is 19.0. The van der Waals surface area contributed by atoms with Crippen LogP contribution in [0.4, 0.5) is 23.5 Å². The van der Waals surface area contributed by atoms with E-state index in [1.54, 1.807) is 0 Å². The molecule has 0 atom stereocenters. The molecule has 0 aliphatic rings. The predicted octanol–water partition coefficient (Wildman–Crippen LogP) is 3.54. The fourth-order valence-electron chi connectivity index (χ4n) is 1.49. The molecule has 2 rings (SSSR count). The Bertz CT molecular complexity index is 690. The van der Waals surface area contributed by atoms with E-state index in [9.17, 15) is 22.4 Å². The SMILES string of the molecule is O=C(Nc1nccc(Cl)n1)c1cccc(C(F)(F)F)c1F. The molecule has 0 fully saturated rings. The normalized spacial score (nSPS) is 11.3. The number of nitrogens with one attached hydrogen (secondary N) is 1. The lowest BCUT2D eigenvalue weighted by molar-refractivity contribution is -0.140. The van der Waals surface area contributed by atoms with E-state index in [0.29, 0.717) is 6.07 Å². The van der Waals surface area contributed by atoms with E-state index in [4.69, 9.17) is 11.6 Å². The second kappa shape index (κ2) is 5.65. The fourth-order valence-corrected chi connectivity index (χ4v) is 1.63. The minimum Gasteiger partial charge on any atom is -0.290 e. The first-order chi connectivity index (χ1) is 9.79. The van der Waals surface area contributed by atoms with Crippen LogP contribution in [0.5, 0.6) is 0 Å². The number of benzene rings is 1. The van der Waals surface area contributed by atoms with Crippen molar-refractivity contribution in [2.45, 2.75) is 6.18 Å². The third-order valence-corrected chi connectivity index (χ3v) is 2.61. The Morgan fingerprint density at radius 3 is 2.57 bits per heavy atom. The molecule has 1 N–H and O–H groups in total. The molecule has 4 nitrogen and oxygen atoms in total. The summed E-state index contributed by atoms with van der Waals surface area (Å²) in [6, 6.07) is 3.73. The fraction of sp³-hybridized carbons (Fsp3) is 0.0833. The first kappa shape index (κ1) is 15.2. The average Bonchev–Trinajstić information content (AvgIpc) is 2.37. The Labute approximate surface area is 120 Å². The first-order valence-electron chi connectivity index (χ1n) is 5.44. The highest BCUT2D eigenvalue weighted by Gasteiger charge is 2.35. The summed E-state index contributed by atoms with van der Waals surface area (Å²) < 4.78 is 51.4. The van der Waals surface area contributed by atoms with Gasteiger partial charge in [0.1, 0.15) is 11.0 Å². The number of anilines is 1. The summed E-state index contributed by atoms with van der Waals surface area (Å²) in [5.74, 6) is -3.02. The lowest BCUT2D eigenvalue weighted by atomic mass is 10.1. The maximum Gasteiger partial charge on any atom is 0.419 e. The number of amides is 1. The standard InChI is InChI=1S/C12H6ClF4N3O/c13-8-4-5-18-11(19-8)20-10(21)6-2-1-3-7(9(6)14)12(15,16)17/h1-5H,(H,18,19,20,21). The van der Waals surface area contributed by atoms with Gasteiger partial charge in [0.2, 0.25) is 5.95 Å². The van der Waals surface area contributed by atoms with Crippen LogP contribution < -0.4 is 5.32 Å². The summed E-state index contributed by atoms with van der Waals surface area (Å²) >= 11 is 5.57. The molecule has 1 amide bonds. The van der Waals surface area contributed by atoms with E-state index in [-0.39, 0.29) is 11.1 Å². The van der Waals surface area contributed by atoms with Gasteiger partial charge in [-0.3, -0.25) is 10.1 Å². The van der Waals surface area contributed by atoms with Crippen LogP contribution in [0.15, 0.2) is 30.5 Å². The van der Waals surface area contributed by atoms with Crippen LogP contribution in [-0.4, -0.2) is 15.9 Å². The zero-order chi connectivity index (χ0) is 15.6. The molecular weight excluding hydrogens is 314 g/mol. The van der Waals surface area contributed by atoms with Gasteiger partial charge in [0.05, 0.1) is 11.1 Å². The van der Waals surface area contributed by atoms with Crippen molar-refractivity contribution < 1.29 is 22.4 Å². The minimum absolute atomic E-state index is 0.0183. The van der Waals surface area contributed by atoms with E-state index in [1.165, 1.54) is 12.3 Å². The quantitative estimate of drug-likeness (QED) is 0.680. The molecule has 9 heteroatoms. The maximum absolute atomic E-state index is 13.8. The van der Waals surface area contributed by atoms with Crippen LogP contribution in [0, 0.1) is 5.82 Å². The predicted molar refractivity (Wildman–Crippen MR) is 66.4 cm³/mol. The van der Waals surface area contributed by atoms with Crippen molar-refractivity contribution in [3.05, 3.63) is 52.6 Å². The molecule has 0 saturated heterocycles. The second-order valence-electron chi connectivity index (χ2n) is 3.82. The van der Waals surface area contributed by atoms with Crippen molar-refractivity contribution in [2.75, 3.05) is 5.32 Å². The van der Waals surface area contributed by atoms with Crippen LogP contribution in [0.2, 0.25) is 5.15 Å². The van der Waals surface area contributed by atoms with Crippen molar-refractivity contribution in [2.24, 2.45) is 0 Å². The maximum atomic E-state index is 13.8. The van der Waals surface area contributed by atoms with E-state index >= 15 is 0 Å². The Morgan fingerprint density at radius 1 is 1.24 bits per heavy atom. The molecule has 1 heterocycles. The van der Waals surface area contributed by atoms with Crippen LogP contribution in [0.3, 0.4) is 0 Å². The number of alkyl halides is 3. The van der Waals surface area contributed by atoms with Crippen molar-refractivity contribution in [1.82, 2.24) is 9.97 Å². The molecule has 0 unspecified atom stereocenters. The summed E-state index contributed by atoms with van der Waals surface area (Å²) in [6.45, 7) is 0. The van der Waals surface area contributed by atoms with Gasteiger partial charge in [-0.1, -0.05) is 17.7 Å². The monoisotopic (exact) mass is 319 g/mol. The van der Waals surface area contributed by atoms with Gasteiger partial charge in [0.15, 0.2) is 0 Å². The van der Waals surface area contributed by atoms with Crippen LogP contribution in [0.25, 0.3) is 0 Å². The number of carbonyl (C=O) groups is 1. The van der Waals surface area contributed by atoms with Crippen molar-refractivity contribution >= 4 is 23.5 Å². The van der Waals surface area contributed by atoms with Crippen LogP contribution >= 0.6 is 11.6 Å². The molecule has 0 saturated carbocycles. The van der Waals surface area contributed by atoms with Gasteiger partial charge >= 0.3 is 6.18 Å². The van der Waals surface area contributed by atoms with E-state index < -0.39 is 29.0 Å². The lowest BCUT2D eigenvalue weighted by Gasteiger charge is -2.10. The lowest BCUT2D eigenvalue weighted by Crippen LogP contribution is -2.18. The number of aromatic nitrogens is 2. The van der Waals surface area contributed by atoms with E-state index in [2.05, 4.69) is 15.3 Å². The number of rotatable bonds is 2. The third-order valence-electron chi connectivity index (χ3n) is 2.40. The zero-order valence-electron chi connectivity index (χ0n) is 10.1. The molecule has 0 bridgehead atoms. The van der Waals surface area contributed by atoms with Gasteiger partial charge < -0.3 is 0 Å². The summed E-state index contributed by atoms with van der Waals surface area (Å²) in [6.07, 6.45) is -3.67. The Balaban J connectivity index is 2.32. The molecule has 21 heavy (non-hydrogen) atoms. The van der Waals surface area contributed by atoms with E-state index in [1.807, 2.05) is 0 Å². The number of hydrogen-bond donors (Lipinski definition) is 1. The van der Waals surface area contributed by atoms with Gasteiger partial charge in [-0.25, -0.2) is 14.4 Å². The topological polar surface area (TPSA) is 54.9 Å². The summed E-state index contributed by atoms with van der Waals surface area (Å²) in [7, 11) is 0. The zero-order valence-corrected chi connectivity index (χ0v) is 10.8. The van der Waals surface area contributed by atoms with Crippen molar-refractivity contribution in [3.63, 3.8) is 0 Å². The first-order valence-corrected chi connectivity index (χ1v) is 5.82. The van der Waals surface area contributed by atoms with Gasteiger partial charge in [-0.15, -0.1) is 0 Å². The molecule has 0 aliphatic heterocycles. The van der Waals surface area contributed by atoms with E-state index in [0.717, 1.165) is 12.1 Å². The van der Waals surface area contributed by atoms with Crippen LogP contribution in [0.1, 0.15) is 15.9 Å². The highest BCUT2D eigenvalue weighted by molar-refractivity contribution is 6.29. The molecule has 1 aromatic heterocycles. The minimum atomic E-state index is -4.90. The van der Waals surface area contributed by atoms with Gasteiger partial charge in [0, 0.05) is 6.20 Å². The van der Waals surface area contributed by atoms with Gasteiger partial charge in [-0.2, -0.15) is 13.2 Å². The Kier molecular flexibility index (Phi) is 4.08. The smallest absolute Gasteiger partial charge is 0.290 e. The van der Waals surface area contributed by atoms with Gasteiger partial charge in [-0.05, 0) is 18.2 Å². The molecular formula is C12H6ClF4N3O. The second-order valence-corrected chi connectivity index (χ2v) is 4.21. The third kappa shape index (κ3) is 3.46. The highest BCUT2D eigenvalue weighted by Crippen LogP contribution is 2.32. The number of nitrogens with zero attached hydrogens (tertiary/aromatic N) is 2. The number of halogens is 5. The Hall–Kier alpha value is -2.22. The number of carbonyl (C=O) groups excluding carboxylic acids is 1. The Morgan fingerprint density at radius 2 is 1.95 bits per heavy atom. The summed E-state index contributed by atoms with van der Waals surface area (Å²) in [5.41, 5.74) is -2.30. The molecule has 0 aliphatic carbocycles. The molecule has 1 aromatic carbocycles. The molecule has 110 valence electrons. The largest absolute Gasteiger partial charge is 0.419 e. The molecule has 0 spiro atoms. The van der Waals surface area contributed by atoms with Crippen LogP contribution in [-0.2, 0) is 6.18 Å². The highest BCUT2D eigenvalue weighted by atomic mass is 35.5. The summed E-state index contributed by atoms with van der Waals surface area (Å²) in [5, 5.41) is 2.08. The number of hydrogen-bond acceptors (Lipinski definition) is 3.